The summed E-state index contributed by atoms with van der Waals surface area (Å²) in [6.45, 7) is -0.476. The van der Waals surface area contributed by atoms with Gasteiger partial charge in [0.15, 0.2) is 4.90 Å². The molecule has 0 spiro atoms. The van der Waals surface area contributed by atoms with E-state index < -0.39 is 33.1 Å². The Hall–Kier alpha value is -1.52. The highest BCUT2D eigenvalue weighted by molar-refractivity contribution is 7.89. The van der Waals surface area contributed by atoms with Crippen LogP contribution in [0.5, 0.6) is 0 Å². The van der Waals surface area contributed by atoms with Crippen molar-refractivity contribution in [1.82, 2.24) is 4.31 Å². The fourth-order valence-electron chi connectivity index (χ4n) is 1.07. The maximum absolute atomic E-state index is 13.2. The molecule has 0 amide bonds. The van der Waals surface area contributed by atoms with Crippen LogP contribution in [0, 0.1) is 23.0 Å². The van der Waals surface area contributed by atoms with Crippen LogP contribution >= 0.6 is 0 Å². The molecule has 0 aliphatic carbocycles. The van der Waals surface area contributed by atoms with Crippen molar-refractivity contribution in [3.8, 4) is 6.07 Å². The Bertz CT molecular complexity index is 517. The van der Waals surface area contributed by atoms with E-state index in [1.807, 2.05) is 0 Å². The Morgan fingerprint density at radius 3 is 2.31 bits per heavy atom. The van der Waals surface area contributed by atoms with Crippen molar-refractivity contribution in [3.05, 3.63) is 29.8 Å². The predicted molar refractivity (Wildman–Crippen MR) is 51.8 cm³/mol. The molecule has 0 atom stereocenters. The molecule has 0 aromatic heterocycles. The highest BCUT2D eigenvalue weighted by Gasteiger charge is 2.27. The minimum atomic E-state index is -4.30. The summed E-state index contributed by atoms with van der Waals surface area (Å²) in [6.07, 6.45) is 0. The normalized spacial score (nSPS) is 11.4. The van der Waals surface area contributed by atoms with Crippen LogP contribution in [0.15, 0.2) is 23.1 Å². The quantitative estimate of drug-likeness (QED) is 0.750. The number of sulfonamides is 1. The summed E-state index contributed by atoms with van der Waals surface area (Å²) in [5.41, 5.74) is 0. The molecule has 0 fully saturated rings. The van der Waals surface area contributed by atoms with Crippen molar-refractivity contribution in [2.75, 3.05) is 13.6 Å². The van der Waals surface area contributed by atoms with Gasteiger partial charge in [-0.3, -0.25) is 0 Å². The lowest BCUT2D eigenvalue weighted by Gasteiger charge is -2.14. The van der Waals surface area contributed by atoms with Gasteiger partial charge in [-0.15, -0.1) is 0 Å². The number of hydrogen-bond donors (Lipinski definition) is 0. The average Bonchev–Trinajstić information content (AvgIpc) is 2.17. The summed E-state index contributed by atoms with van der Waals surface area (Å²) in [6, 6.07) is 4.33. The van der Waals surface area contributed by atoms with Gasteiger partial charge in [0.25, 0.3) is 0 Å². The van der Waals surface area contributed by atoms with Crippen LogP contribution in [0.4, 0.5) is 8.78 Å². The number of rotatable bonds is 3. The van der Waals surface area contributed by atoms with E-state index in [4.69, 9.17) is 5.26 Å². The maximum atomic E-state index is 13.2. The van der Waals surface area contributed by atoms with Crippen molar-refractivity contribution in [3.63, 3.8) is 0 Å². The van der Waals surface area contributed by atoms with Crippen LogP contribution in [0.25, 0.3) is 0 Å². The molecule has 0 aliphatic heterocycles. The fraction of sp³-hybridized carbons (Fsp3) is 0.222. The van der Waals surface area contributed by atoms with Gasteiger partial charge in [0.05, 0.1) is 6.07 Å². The molecule has 86 valence electrons. The van der Waals surface area contributed by atoms with Crippen molar-refractivity contribution < 1.29 is 17.2 Å². The Kier molecular flexibility index (Phi) is 3.57. The van der Waals surface area contributed by atoms with Gasteiger partial charge in [-0.1, -0.05) is 6.07 Å². The van der Waals surface area contributed by atoms with Crippen LogP contribution in [-0.2, 0) is 10.0 Å². The summed E-state index contributed by atoms with van der Waals surface area (Å²) in [7, 11) is -3.23. The van der Waals surface area contributed by atoms with E-state index in [2.05, 4.69) is 0 Å². The van der Waals surface area contributed by atoms with Crippen LogP contribution in [0.3, 0.4) is 0 Å². The minimum absolute atomic E-state index is 0.476. The number of nitrogens with zero attached hydrogens (tertiary/aromatic N) is 2. The van der Waals surface area contributed by atoms with E-state index in [0.717, 1.165) is 25.2 Å². The smallest absolute Gasteiger partial charge is 0.207 e. The Morgan fingerprint density at radius 2 is 1.88 bits per heavy atom. The molecule has 16 heavy (non-hydrogen) atoms. The second-order valence-electron chi connectivity index (χ2n) is 2.97. The zero-order valence-corrected chi connectivity index (χ0v) is 9.13. The van der Waals surface area contributed by atoms with Crippen LogP contribution in [-0.4, -0.2) is 26.3 Å². The fourth-order valence-corrected chi connectivity index (χ4v) is 2.24. The van der Waals surface area contributed by atoms with E-state index in [9.17, 15) is 17.2 Å². The van der Waals surface area contributed by atoms with E-state index in [-0.39, 0.29) is 0 Å². The second kappa shape index (κ2) is 4.55. The van der Waals surface area contributed by atoms with Crippen molar-refractivity contribution >= 4 is 10.0 Å². The molecule has 1 aromatic rings. The van der Waals surface area contributed by atoms with Crippen LogP contribution in [0.1, 0.15) is 0 Å². The first kappa shape index (κ1) is 12.5. The van der Waals surface area contributed by atoms with Crippen molar-refractivity contribution in [2.45, 2.75) is 4.90 Å². The first-order chi connectivity index (χ1) is 7.41. The lowest BCUT2D eigenvalue weighted by atomic mass is 10.3. The van der Waals surface area contributed by atoms with Gasteiger partial charge in [-0.2, -0.15) is 9.57 Å². The summed E-state index contributed by atoms with van der Waals surface area (Å²) < 4.78 is 50.3. The number of benzene rings is 1. The summed E-state index contributed by atoms with van der Waals surface area (Å²) in [5, 5.41) is 8.34. The van der Waals surface area contributed by atoms with Crippen molar-refractivity contribution in [1.29, 1.82) is 5.26 Å². The predicted octanol–water partition coefficient (Wildman–Crippen LogP) is 1.11. The highest BCUT2D eigenvalue weighted by Crippen LogP contribution is 2.21. The van der Waals surface area contributed by atoms with Gasteiger partial charge in [0.1, 0.15) is 18.2 Å². The molecular weight excluding hydrogens is 238 g/mol. The standard InChI is InChI=1S/C9H8F2N2O2S/c1-13(6-5-12)16(14,15)9-7(10)3-2-4-8(9)11/h2-4H,6H2,1H3. The second-order valence-corrected chi connectivity index (χ2v) is 4.95. The largest absolute Gasteiger partial charge is 0.249 e. The average molecular weight is 246 g/mol. The molecule has 0 N–H and O–H groups in total. The first-order valence-electron chi connectivity index (χ1n) is 4.18. The molecule has 0 radical (unpaired) electrons. The third-order valence-electron chi connectivity index (χ3n) is 1.88. The van der Waals surface area contributed by atoms with Gasteiger partial charge in [0.2, 0.25) is 10.0 Å². The van der Waals surface area contributed by atoms with Gasteiger partial charge < -0.3 is 0 Å². The van der Waals surface area contributed by atoms with Crippen LogP contribution < -0.4 is 0 Å². The van der Waals surface area contributed by atoms with E-state index in [1.54, 1.807) is 6.07 Å². The monoisotopic (exact) mass is 246 g/mol. The highest BCUT2D eigenvalue weighted by atomic mass is 32.2. The van der Waals surface area contributed by atoms with Crippen LogP contribution in [0.2, 0.25) is 0 Å². The van der Waals surface area contributed by atoms with Gasteiger partial charge >= 0.3 is 0 Å². The molecule has 0 saturated heterocycles. The molecule has 0 aliphatic rings. The zero-order valence-electron chi connectivity index (χ0n) is 8.31. The van der Waals surface area contributed by atoms with Gasteiger partial charge in [-0.25, -0.2) is 17.2 Å². The molecule has 1 rings (SSSR count). The molecule has 1 aromatic carbocycles. The topological polar surface area (TPSA) is 61.2 Å². The summed E-state index contributed by atoms with van der Waals surface area (Å²) in [4.78, 5) is -1.03. The third kappa shape index (κ3) is 2.18. The zero-order chi connectivity index (χ0) is 12.3. The SMILES string of the molecule is CN(CC#N)S(=O)(=O)c1c(F)cccc1F. The molecule has 4 nitrogen and oxygen atoms in total. The lowest BCUT2D eigenvalue weighted by Crippen LogP contribution is -2.28. The van der Waals surface area contributed by atoms with Gasteiger partial charge in [0, 0.05) is 7.05 Å². The van der Waals surface area contributed by atoms with Gasteiger partial charge in [-0.05, 0) is 12.1 Å². The Morgan fingerprint density at radius 1 is 1.38 bits per heavy atom. The molecular formula is C9H8F2N2O2S. The van der Waals surface area contributed by atoms with E-state index in [1.165, 1.54) is 0 Å². The number of halogens is 2. The Balaban J connectivity index is 3.34. The molecule has 0 saturated carbocycles. The number of nitriles is 1. The number of hydrogen-bond acceptors (Lipinski definition) is 3. The Labute approximate surface area is 91.8 Å². The van der Waals surface area contributed by atoms with E-state index >= 15 is 0 Å². The molecule has 0 unspecified atom stereocenters. The minimum Gasteiger partial charge on any atom is -0.207 e. The molecule has 7 heteroatoms. The molecule has 0 bridgehead atoms. The maximum Gasteiger partial charge on any atom is 0.249 e. The lowest BCUT2D eigenvalue weighted by molar-refractivity contribution is 0.472. The molecule has 0 heterocycles. The third-order valence-corrected chi connectivity index (χ3v) is 3.74. The first-order valence-corrected chi connectivity index (χ1v) is 5.62. The van der Waals surface area contributed by atoms with Crippen molar-refractivity contribution in [2.24, 2.45) is 0 Å². The van der Waals surface area contributed by atoms with E-state index in [0.29, 0.717) is 4.31 Å². The summed E-state index contributed by atoms with van der Waals surface area (Å²) >= 11 is 0. The summed E-state index contributed by atoms with van der Waals surface area (Å²) in [5.74, 6) is -2.35.